The van der Waals surface area contributed by atoms with Gasteiger partial charge in [0.05, 0.1) is 16.4 Å². The van der Waals surface area contributed by atoms with Gasteiger partial charge in [-0.25, -0.2) is 13.1 Å². The summed E-state index contributed by atoms with van der Waals surface area (Å²) in [5.41, 5.74) is -0.148. The van der Waals surface area contributed by atoms with Gasteiger partial charge < -0.3 is 10.1 Å². The van der Waals surface area contributed by atoms with Crippen molar-refractivity contribution in [3.8, 4) is 0 Å². The minimum atomic E-state index is -3.64. The number of hydrogen-bond acceptors (Lipinski definition) is 6. The van der Waals surface area contributed by atoms with E-state index in [4.69, 9.17) is 4.74 Å². The smallest absolute Gasteiger partial charge is 0.269 e. The Morgan fingerprint density at radius 3 is 2.33 bits per heavy atom. The zero-order valence-corrected chi connectivity index (χ0v) is 13.1. The monoisotopic (exact) mass is 339 g/mol. The van der Waals surface area contributed by atoms with Crippen molar-refractivity contribution >= 4 is 28.1 Å². The number of hydrogen-bond donors (Lipinski definition) is 2. The Balaban J connectivity index is 0.00000400. The van der Waals surface area contributed by atoms with Gasteiger partial charge in [0, 0.05) is 38.9 Å². The molecule has 0 atom stereocenters. The molecule has 0 amide bonds. The van der Waals surface area contributed by atoms with Crippen molar-refractivity contribution in [1.82, 2.24) is 10.0 Å². The number of nitro benzene ring substituents is 1. The van der Waals surface area contributed by atoms with Gasteiger partial charge in [-0.2, -0.15) is 0 Å². The van der Waals surface area contributed by atoms with Gasteiger partial charge in [-0.1, -0.05) is 0 Å². The molecular weight excluding hydrogens is 322 g/mol. The van der Waals surface area contributed by atoms with Crippen LogP contribution >= 0.6 is 12.4 Å². The van der Waals surface area contributed by atoms with Gasteiger partial charge in [0.15, 0.2) is 0 Å². The van der Waals surface area contributed by atoms with Crippen LogP contribution in [-0.4, -0.2) is 46.7 Å². The minimum Gasteiger partial charge on any atom is -0.383 e. The van der Waals surface area contributed by atoms with Crippen molar-refractivity contribution in [2.75, 3.05) is 33.4 Å². The molecule has 2 N–H and O–H groups in total. The summed E-state index contributed by atoms with van der Waals surface area (Å²) in [5, 5.41) is 13.5. The molecule has 0 aromatic heterocycles. The highest BCUT2D eigenvalue weighted by molar-refractivity contribution is 7.89. The van der Waals surface area contributed by atoms with Gasteiger partial charge >= 0.3 is 0 Å². The predicted octanol–water partition coefficient (Wildman–Crippen LogP) is 0.531. The number of benzene rings is 1. The molecule has 21 heavy (non-hydrogen) atoms. The second-order valence-electron chi connectivity index (χ2n) is 3.89. The van der Waals surface area contributed by atoms with E-state index in [9.17, 15) is 18.5 Å². The van der Waals surface area contributed by atoms with E-state index >= 15 is 0 Å². The number of methoxy groups -OCH3 is 1. The van der Waals surface area contributed by atoms with Crippen LogP contribution in [0.4, 0.5) is 5.69 Å². The van der Waals surface area contributed by atoms with Crippen LogP contribution in [0.2, 0.25) is 0 Å². The van der Waals surface area contributed by atoms with E-state index in [1.807, 2.05) is 0 Å². The SMILES string of the molecule is COCCNCCNS(=O)(=O)c1ccc([N+](=O)[O-])cc1.Cl. The third-order valence-electron chi connectivity index (χ3n) is 2.43. The first-order valence-electron chi connectivity index (χ1n) is 5.91. The summed E-state index contributed by atoms with van der Waals surface area (Å²) in [6.07, 6.45) is 0. The Bertz CT molecular complexity index is 535. The van der Waals surface area contributed by atoms with E-state index in [1.54, 1.807) is 7.11 Å². The lowest BCUT2D eigenvalue weighted by atomic mass is 10.3. The van der Waals surface area contributed by atoms with Crippen LogP contribution in [0, 0.1) is 10.1 Å². The fraction of sp³-hybridized carbons (Fsp3) is 0.455. The first kappa shape index (κ1) is 19.7. The zero-order valence-electron chi connectivity index (χ0n) is 11.4. The van der Waals surface area contributed by atoms with Crippen molar-refractivity contribution in [1.29, 1.82) is 0 Å². The van der Waals surface area contributed by atoms with Crippen LogP contribution in [0.25, 0.3) is 0 Å². The van der Waals surface area contributed by atoms with Crippen LogP contribution in [0.5, 0.6) is 0 Å². The van der Waals surface area contributed by atoms with E-state index in [2.05, 4.69) is 10.0 Å². The molecule has 0 spiro atoms. The summed E-state index contributed by atoms with van der Waals surface area (Å²) in [4.78, 5) is 9.90. The lowest BCUT2D eigenvalue weighted by Crippen LogP contribution is -2.33. The first-order valence-corrected chi connectivity index (χ1v) is 7.39. The fourth-order valence-corrected chi connectivity index (χ4v) is 2.44. The first-order chi connectivity index (χ1) is 9.47. The number of sulfonamides is 1. The standard InChI is InChI=1S/C11H17N3O5S.ClH/c1-19-9-8-12-6-7-13-20(17,18)11-4-2-10(3-5-11)14(15)16;/h2-5,12-13H,6-9H2,1H3;1H. The Labute approximate surface area is 129 Å². The highest BCUT2D eigenvalue weighted by Gasteiger charge is 2.14. The molecule has 1 aromatic rings. The summed E-state index contributed by atoms with van der Waals surface area (Å²) in [6, 6.07) is 4.73. The number of non-ortho nitro benzene ring substituents is 1. The topological polar surface area (TPSA) is 111 Å². The second-order valence-corrected chi connectivity index (χ2v) is 5.66. The molecule has 0 aliphatic carbocycles. The van der Waals surface area contributed by atoms with Gasteiger partial charge in [-0.15, -0.1) is 12.4 Å². The van der Waals surface area contributed by atoms with Crippen molar-refractivity contribution in [3.05, 3.63) is 34.4 Å². The van der Waals surface area contributed by atoms with Crippen LogP contribution in [-0.2, 0) is 14.8 Å². The van der Waals surface area contributed by atoms with Crippen molar-refractivity contribution in [3.63, 3.8) is 0 Å². The highest BCUT2D eigenvalue weighted by atomic mass is 35.5. The van der Waals surface area contributed by atoms with Gasteiger partial charge in [-0.3, -0.25) is 10.1 Å². The normalized spacial score (nSPS) is 10.9. The van der Waals surface area contributed by atoms with E-state index in [-0.39, 0.29) is 29.5 Å². The molecule has 0 bridgehead atoms. The average Bonchev–Trinajstić information content (AvgIpc) is 2.43. The van der Waals surface area contributed by atoms with Crippen LogP contribution in [0.15, 0.2) is 29.2 Å². The predicted molar refractivity (Wildman–Crippen MR) is 80.3 cm³/mol. The summed E-state index contributed by atoms with van der Waals surface area (Å²) in [6.45, 7) is 1.88. The van der Waals surface area contributed by atoms with Crippen LogP contribution < -0.4 is 10.0 Å². The number of ether oxygens (including phenoxy) is 1. The number of nitrogens with one attached hydrogen (secondary N) is 2. The maximum Gasteiger partial charge on any atom is 0.269 e. The molecule has 1 aromatic carbocycles. The van der Waals surface area contributed by atoms with Crippen molar-refractivity contribution in [2.45, 2.75) is 4.90 Å². The minimum absolute atomic E-state index is 0. The summed E-state index contributed by atoms with van der Waals surface area (Å²) in [5.74, 6) is 0. The number of nitrogens with zero attached hydrogens (tertiary/aromatic N) is 1. The zero-order chi connectivity index (χ0) is 15.0. The Morgan fingerprint density at radius 1 is 1.19 bits per heavy atom. The molecule has 10 heteroatoms. The maximum atomic E-state index is 11.9. The van der Waals surface area contributed by atoms with Gasteiger partial charge in [-0.05, 0) is 12.1 Å². The summed E-state index contributed by atoms with van der Waals surface area (Å²) in [7, 11) is -2.06. The lowest BCUT2D eigenvalue weighted by molar-refractivity contribution is -0.384. The second kappa shape index (κ2) is 9.64. The van der Waals surface area contributed by atoms with Crippen molar-refractivity contribution < 1.29 is 18.1 Å². The molecule has 0 heterocycles. The van der Waals surface area contributed by atoms with Crippen LogP contribution in [0.1, 0.15) is 0 Å². The van der Waals surface area contributed by atoms with E-state index < -0.39 is 14.9 Å². The Hall–Kier alpha value is -1.26. The molecule has 0 fully saturated rings. The molecule has 0 aliphatic heterocycles. The third kappa shape index (κ3) is 6.82. The molecule has 0 radical (unpaired) electrons. The molecule has 0 unspecified atom stereocenters. The summed E-state index contributed by atoms with van der Waals surface area (Å²) >= 11 is 0. The van der Waals surface area contributed by atoms with E-state index in [1.165, 1.54) is 12.1 Å². The third-order valence-corrected chi connectivity index (χ3v) is 3.91. The van der Waals surface area contributed by atoms with Gasteiger partial charge in [0.2, 0.25) is 10.0 Å². The Kier molecular flexibility index (Phi) is 9.06. The molecule has 1 rings (SSSR count). The fourth-order valence-electron chi connectivity index (χ4n) is 1.40. The summed E-state index contributed by atoms with van der Waals surface area (Å²) < 4.78 is 31.0. The van der Waals surface area contributed by atoms with Crippen LogP contribution in [0.3, 0.4) is 0 Å². The molecule has 0 saturated heterocycles. The average molecular weight is 340 g/mol. The van der Waals surface area contributed by atoms with E-state index in [0.29, 0.717) is 19.7 Å². The van der Waals surface area contributed by atoms with Gasteiger partial charge in [0.25, 0.3) is 5.69 Å². The molecule has 0 saturated carbocycles. The highest BCUT2D eigenvalue weighted by Crippen LogP contribution is 2.15. The molecule has 120 valence electrons. The molecule has 0 aliphatic rings. The van der Waals surface area contributed by atoms with Crippen molar-refractivity contribution in [2.24, 2.45) is 0 Å². The van der Waals surface area contributed by atoms with E-state index in [0.717, 1.165) is 12.1 Å². The molecular formula is C11H18ClN3O5S. The van der Waals surface area contributed by atoms with Gasteiger partial charge in [0.1, 0.15) is 0 Å². The number of rotatable bonds is 9. The number of nitro groups is 1. The quantitative estimate of drug-likeness (QED) is 0.386. The Morgan fingerprint density at radius 2 is 1.81 bits per heavy atom. The molecule has 8 nitrogen and oxygen atoms in total. The number of halogens is 1. The lowest BCUT2D eigenvalue weighted by Gasteiger charge is -2.07. The largest absolute Gasteiger partial charge is 0.383 e. The maximum absolute atomic E-state index is 11.9.